The van der Waals surface area contributed by atoms with E-state index >= 15 is 0 Å². The highest BCUT2D eigenvalue weighted by molar-refractivity contribution is 5.55. The monoisotopic (exact) mass is 210 g/mol. The van der Waals surface area contributed by atoms with Gasteiger partial charge < -0.3 is 5.32 Å². The van der Waals surface area contributed by atoms with E-state index in [1.165, 1.54) is 18.5 Å². The molecule has 15 heavy (non-hydrogen) atoms. The van der Waals surface area contributed by atoms with Crippen LogP contribution in [-0.2, 0) is 0 Å². The minimum Gasteiger partial charge on any atom is -0.317 e. The molecular formula is C13H26N2. The van der Waals surface area contributed by atoms with Gasteiger partial charge >= 0.3 is 0 Å². The number of nitrogens with one attached hydrogen (secondary N) is 1. The SMILES string of the molecule is CC.CC=N/C(=C\CC)C1CCNCC1. The zero-order valence-corrected chi connectivity index (χ0v) is 10.7. The number of nitrogens with zero attached hydrogens (tertiary/aromatic N) is 1. The Balaban J connectivity index is 0.000000921. The molecule has 1 heterocycles. The molecule has 1 rings (SSSR count). The summed E-state index contributed by atoms with van der Waals surface area (Å²) in [6.45, 7) is 10.5. The molecule has 0 radical (unpaired) electrons. The van der Waals surface area contributed by atoms with Crippen molar-refractivity contribution in [1.29, 1.82) is 0 Å². The van der Waals surface area contributed by atoms with Crippen molar-refractivity contribution in [1.82, 2.24) is 5.32 Å². The first-order chi connectivity index (χ1) is 7.38. The Morgan fingerprint density at radius 2 is 1.93 bits per heavy atom. The summed E-state index contributed by atoms with van der Waals surface area (Å²) in [5.74, 6) is 0.692. The molecule has 0 aromatic carbocycles. The largest absolute Gasteiger partial charge is 0.317 e. The fourth-order valence-electron chi connectivity index (χ4n) is 1.80. The smallest absolute Gasteiger partial charge is 0.0391 e. The van der Waals surface area contributed by atoms with Gasteiger partial charge in [-0.25, -0.2) is 0 Å². The van der Waals surface area contributed by atoms with Crippen molar-refractivity contribution in [3.63, 3.8) is 0 Å². The van der Waals surface area contributed by atoms with Crippen molar-refractivity contribution in [2.45, 2.75) is 47.0 Å². The fourth-order valence-corrected chi connectivity index (χ4v) is 1.80. The predicted octanol–water partition coefficient (Wildman–Crippen LogP) is 3.40. The van der Waals surface area contributed by atoms with Crippen LogP contribution in [0.4, 0.5) is 0 Å². The summed E-state index contributed by atoms with van der Waals surface area (Å²) in [7, 11) is 0. The number of allylic oxidation sites excluding steroid dienone is 2. The van der Waals surface area contributed by atoms with Crippen LogP contribution in [-0.4, -0.2) is 19.3 Å². The van der Waals surface area contributed by atoms with E-state index in [1.54, 1.807) is 0 Å². The molecule has 0 unspecified atom stereocenters. The van der Waals surface area contributed by atoms with Crippen molar-refractivity contribution in [2.24, 2.45) is 10.9 Å². The van der Waals surface area contributed by atoms with E-state index in [-0.39, 0.29) is 0 Å². The van der Waals surface area contributed by atoms with Crippen LogP contribution in [0.5, 0.6) is 0 Å². The molecular weight excluding hydrogens is 184 g/mol. The zero-order chi connectivity index (χ0) is 11.5. The third-order valence-corrected chi connectivity index (χ3v) is 2.45. The van der Waals surface area contributed by atoms with E-state index < -0.39 is 0 Å². The molecule has 1 aliphatic rings. The third-order valence-electron chi connectivity index (χ3n) is 2.45. The minimum absolute atomic E-state index is 0.692. The number of hydrogen-bond acceptors (Lipinski definition) is 2. The Morgan fingerprint density at radius 1 is 1.33 bits per heavy atom. The molecule has 2 heteroatoms. The van der Waals surface area contributed by atoms with Gasteiger partial charge in [-0.1, -0.05) is 26.8 Å². The Morgan fingerprint density at radius 3 is 2.40 bits per heavy atom. The molecule has 88 valence electrons. The van der Waals surface area contributed by atoms with Crippen LogP contribution < -0.4 is 5.32 Å². The first-order valence-corrected chi connectivity index (χ1v) is 6.28. The van der Waals surface area contributed by atoms with E-state index in [0.29, 0.717) is 5.92 Å². The van der Waals surface area contributed by atoms with Crippen LogP contribution in [0.3, 0.4) is 0 Å². The second-order valence-electron chi connectivity index (χ2n) is 3.45. The van der Waals surface area contributed by atoms with Gasteiger partial charge in [0.1, 0.15) is 0 Å². The summed E-state index contributed by atoms with van der Waals surface area (Å²) in [4.78, 5) is 4.45. The molecule has 1 N–H and O–H groups in total. The van der Waals surface area contributed by atoms with E-state index in [2.05, 4.69) is 23.3 Å². The van der Waals surface area contributed by atoms with Crippen LogP contribution in [0.15, 0.2) is 16.8 Å². The minimum atomic E-state index is 0.692. The molecule has 1 saturated heterocycles. The summed E-state index contributed by atoms with van der Waals surface area (Å²) in [5.41, 5.74) is 1.30. The van der Waals surface area contributed by atoms with Gasteiger partial charge in [-0.15, -0.1) is 0 Å². The second kappa shape index (κ2) is 9.91. The highest BCUT2D eigenvalue weighted by Crippen LogP contribution is 2.22. The van der Waals surface area contributed by atoms with Crippen LogP contribution in [0.25, 0.3) is 0 Å². The molecule has 0 aliphatic carbocycles. The van der Waals surface area contributed by atoms with Crippen LogP contribution >= 0.6 is 0 Å². The van der Waals surface area contributed by atoms with Crippen molar-refractivity contribution in [3.8, 4) is 0 Å². The van der Waals surface area contributed by atoms with Gasteiger partial charge in [0, 0.05) is 17.8 Å². The molecule has 0 aromatic rings. The molecule has 0 saturated carbocycles. The van der Waals surface area contributed by atoms with Crippen molar-refractivity contribution in [3.05, 3.63) is 11.8 Å². The summed E-state index contributed by atoms with van der Waals surface area (Å²) in [6.07, 6.45) is 7.74. The first kappa shape index (κ1) is 14.4. The molecule has 1 fully saturated rings. The highest BCUT2D eigenvalue weighted by Gasteiger charge is 2.15. The third kappa shape index (κ3) is 5.73. The summed E-state index contributed by atoms with van der Waals surface area (Å²) in [5, 5.41) is 3.37. The number of rotatable bonds is 3. The Bertz CT molecular complexity index is 189. The van der Waals surface area contributed by atoms with Gasteiger partial charge in [0.15, 0.2) is 0 Å². The van der Waals surface area contributed by atoms with Crippen molar-refractivity contribution >= 4 is 6.21 Å². The quantitative estimate of drug-likeness (QED) is 0.709. The average Bonchev–Trinajstić information content (AvgIpc) is 2.33. The van der Waals surface area contributed by atoms with Gasteiger partial charge in [0.05, 0.1) is 0 Å². The zero-order valence-electron chi connectivity index (χ0n) is 10.7. The van der Waals surface area contributed by atoms with E-state index in [4.69, 9.17) is 0 Å². The van der Waals surface area contributed by atoms with Crippen LogP contribution in [0, 0.1) is 5.92 Å². The van der Waals surface area contributed by atoms with Gasteiger partial charge in [0.25, 0.3) is 0 Å². The summed E-state index contributed by atoms with van der Waals surface area (Å²) >= 11 is 0. The van der Waals surface area contributed by atoms with Crippen molar-refractivity contribution in [2.75, 3.05) is 13.1 Å². The maximum atomic E-state index is 4.45. The highest BCUT2D eigenvalue weighted by atomic mass is 14.9. The lowest BCUT2D eigenvalue weighted by Crippen LogP contribution is -2.28. The molecule has 0 spiro atoms. The number of hydrogen-bond donors (Lipinski definition) is 1. The molecule has 0 bridgehead atoms. The number of aliphatic imine (C=N–C) groups is 1. The molecule has 2 nitrogen and oxygen atoms in total. The lowest BCUT2D eigenvalue weighted by molar-refractivity contribution is 0.417. The first-order valence-electron chi connectivity index (χ1n) is 6.28. The molecule has 1 aliphatic heterocycles. The fraction of sp³-hybridized carbons (Fsp3) is 0.769. The Hall–Kier alpha value is -0.630. The lowest BCUT2D eigenvalue weighted by atomic mass is 9.94. The number of piperidine rings is 1. The van der Waals surface area contributed by atoms with E-state index in [1.807, 2.05) is 27.0 Å². The standard InChI is InChI=1S/C11H20N2.C2H6/c1-3-5-11(13-4-2)10-6-8-12-9-7-10;1-2/h4-5,10,12H,3,6-9H2,1-2H3;1-2H3/b11-5-,13-4?;. The van der Waals surface area contributed by atoms with E-state index in [9.17, 15) is 0 Å². The summed E-state index contributed by atoms with van der Waals surface area (Å²) < 4.78 is 0. The summed E-state index contributed by atoms with van der Waals surface area (Å²) in [6, 6.07) is 0. The molecule has 0 atom stereocenters. The normalized spacial score (nSPS) is 18.8. The maximum absolute atomic E-state index is 4.45. The Labute approximate surface area is 94.9 Å². The Kier molecular flexibility index (Phi) is 9.49. The average molecular weight is 210 g/mol. The van der Waals surface area contributed by atoms with Gasteiger partial charge in [-0.05, 0) is 39.3 Å². The van der Waals surface area contributed by atoms with Crippen LogP contribution in [0.2, 0.25) is 0 Å². The topological polar surface area (TPSA) is 24.4 Å². The van der Waals surface area contributed by atoms with Gasteiger partial charge in [0.2, 0.25) is 0 Å². The molecule has 0 aromatic heterocycles. The predicted molar refractivity (Wildman–Crippen MR) is 69.5 cm³/mol. The lowest BCUT2D eigenvalue weighted by Gasteiger charge is -2.22. The van der Waals surface area contributed by atoms with E-state index in [0.717, 1.165) is 19.5 Å². The van der Waals surface area contributed by atoms with Gasteiger partial charge in [-0.2, -0.15) is 0 Å². The van der Waals surface area contributed by atoms with Gasteiger partial charge in [-0.3, -0.25) is 4.99 Å². The maximum Gasteiger partial charge on any atom is 0.0391 e. The second-order valence-corrected chi connectivity index (χ2v) is 3.45. The van der Waals surface area contributed by atoms with Crippen molar-refractivity contribution < 1.29 is 0 Å². The molecule has 0 amide bonds. The van der Waals surface area contributed by atoms with Crippen LogP contribution in [0.1, 0.15) is 47.0 Å².